The van der Waals surface area contributed by atoms with Gasteiger partial charge < -0.3 is 25.5 Å². The van der Waals surface area contributed by atoms with E-state index >= 15 is 0 Å². The number of phenols is 5. The van der Waals surface area contributed by atoms with Crippen molar-refractivity contribution in [2.75, 3.05) is 7.05 Å². The highest BCUT2D eigenvalue weighted by molar-refractivity contribution is 5.84. The third kappa shape index (κ3) is 3.86. The van der Waals surface area contributed by atoms with Crippen LogP contribution >= 0.6 is 0 Å². The SMILES string of the molecule is C[NH2+]n1c(=C\Cc2ccc(O)c(O)c2)/c(=C\c2ccc(O)c(O)c2)c2cc(O)ccc21. The van der Waals surface area contributed by atoms with E-state index < -0.39 is 0 Å². The lowest BCUT2D eigenvalue weighted by Gasteiger charge is -2.02. The largest absolute Gasteiger partial charge is 0.508 e. The molecule has 1 aromatic heterocycles. The molecule has 1 heterocycles. The Kier molecular flexibility index (Phi) is 5.19. The predicted octanol–water partition coefficient (Wildman–Crippen LogP) is 0.978. The van der Waals surface area contributed by atoms with Gasteiger partial charge >= 0.3 is 0 Å². The predicted molar refractivity (Wildman–Crippen MR) is 117 cm³/mol. The maximum atomic E-state index is 10.1. The van der Waals surface area contributed by atoms with E-state index in [9.17, 15) is 25.5 Å². The van der Waals surface area contributed by atoms with E-state index in [0.717, 1.165) is 27.0 Å². The number of hydrogen-bond donors (Lipinski definition) is 6. The molecular weight excluding hydrogens is 396 g/mol. The van der Waals surface area contributed by atoms with Gasteiger partial charge in [0.1, 0.15) is 11.3 Å². The van der Waals surface area contributed by atoms with E-state index in [2.05, 4.69) is 0 Å². The molecule has 3 aromatic carbocycles. The van der Waals surface area contributed by atoms with Crippen LogP contribution in [0.15, 0.2) is 54.6 Å². The summed E-state index contributed by atoms with van der Waals surface area (Å²) in [4.78, 5) is 0. The summed E-state index contributed by atoms with van der Waals surface area (Å²) >= 11 is 0. The minimum atomic E-state index is -0.215. The molecule has 0 amide bonds. The summed E-state index contributed by atoms with van der Waals surface area (Å²) in [5.41, 5.74) is 4.32. The zero-order valence-corrected chi connectivity index (χ0v) is 16.8. The van der Waals surface area contributed by atoms with Crippen LogP contribution in [0.3, 0.4) is 0 Å². The fraction of sp³-hybridized carbons (Fsp3) is 0.0833. The summed E-state index contributed by atoms with van der Waals surface area (Å²) in [6, 6.07) is 14.4. The van der Waals surface area contributed by atoms with Crippen molar-refractivity contribution in [3.05, 3.63) is 76.3 Å². The first-order chi connectivity index (χ1) is 14.9. The first-order valence-corrected chi connectivity index (χ1v) is 9.74. The van der Waals surface area contributed by atoms with Crippen LogP contribution in [0.4, 0.5) is 0 Å². The second-order valence-corrected chi connectivity index (χ2v) is 7.25. The molecular formula is C24H23N2O5+. The molecule has 0 aliphatic rings. The van der Waals surface area contributed by atoms with Gasteiger partial charge in [-0.15, -0.1) is 0 Å². The quantitative estimate of drug-likeness (QED) is 0.217. The lowest BCUT2D eigenvalue weighted by molar-refractivity contribution is -0.682. The molecule has 0 bridgehead atoms. The van der Waals surface area contributed by atoms with Gasteiger partial charge in [0.05, 0.1) is 12.4 Å². The van der Waals surface area contributed by atoms with Crippen LogP contribution < -0.4 is 16.0 Å². The average Bonchev–Trinajstić information content (AvgIpc) is 3.03. The number of nitrogens with two attached hydrogens (primary N) is 1. The first-order valence-electron chi connectivity index (χ1n) is 9.74. The second kappa shape index (κ2) is 7.97. The lowest BCUT2D eigenvalue weighted by Crippen LogP contribution is -2.86. The zero-order chi connectivity index (χ0) is 22.1. The molecule has 0 atom stereocenters. The summed E-state index contributed by atoms with van der Waals surface area (Å²) < 4.78 is 2.00. The number of aromatic nitrogens is 1. The van der Waals surface area contributed by atoms with Gasteiger partial charge in [0, 0.05) is 10.6 Å². The third-order valence-corrected chi connectivity index (χ3v) is 5.20. The lowest BCUT2D eigenvalue weighted by atomic mass is 10.1. The van der Waals surface area contributed by atoms with Crippen LogP contribution in [0.25, 0.3) is 23.1 Å². The number of aromatic hydroxyl groups is 5. The van der Waals surface area contributed by atoms with Crippen molar-refractivity contribution in [3.8, 4) is 28.7 Å². The van der Waals surface area contributed by atoms with Gasteiger partial charge in [-0.25, -0.2) is 5.43 Å². The number of rotatable bonds is 4. The van der Waals surface area contributed by atoms with Crippen molar-refractivity contribution >= 4 is 23.1 Å². The van der Waals surface area contributed by atoms with Gasteiger partial charge in [0.2, 0.25) is 0 Å². The van der Waals surface area contributed by atoms with Crippen molar-refractivity contribution < 1.29 is 31.0 Å². The number of nitrogens with zero attached hydrogens (tertiary/aromatic N) is 1. The Labute approximate surface area is 177 Å². The summed E-state index contributed by atoms with van der Waals surface area (Å²) in [6.07, 6.45) is 4.36. The molecule has 0 saturated heterocycles. The standard InChI is InChI=1S/C24H22N2O5/c1-25-26-19(6-2-14-3-8-21(28)23(30)11-14)17(18-13-16(27)5-7-20(18)26)10-15-4-9-22(29)24(31)12-15/h3-13,25,27-31H,2H2,1H3/p+1/b17-10-,19-6-. The summed E-state index contributed by atoms with van der Waals surface area (Å²) in [5, 5.41) is 51.4. The minimum absolute atomic E-state index is 0.138. The number of hydrogen-bond acceptors (Lipinski definition) is 5. The Hall–Kier alpha value is -4.10. The van der Waals surface area contributed by atoms with Crippen molar-refractivity contribution in [1.82, 2.24) is 4.68 Å². The van der Waals surface area contributed by atoms with Crippen LogP contribution in [-0.2, 0) is 6.42 Å². The summed E-state index contributed by atoms with van der Waals surface area (Å²) in [6.45, 7) is 0. The van der Waals surface area contributed by atoms with Crippen molar-refractivity contribution in [2.45, 2.75) is 6.42 Å². The molecule has 31 heavy (non-hydrogen) atoms. The van der Waals surface area contributed by atoms with E-state index in [1.165, 1.54) is 24.3 Å². The highest BCUT2D eigenvalue weighted by Crippen LogP contribution is 2.26. The Morgan fingerprint density at radius 1 is 0.806 bits per heavy atom. The highest BCUT2D eigenvalue weighted by Gasteiger charge is 2.11. The molecule has 0 fully saturated rings. The van der Waals surface area contributed by atoms with Crippen LogP contribution in [0, 0.1) is 0 Å². The minimum Gasteiger partial charge on any atom is -0.508 e. The summed E-state index contributed by atoms with van der Waals surface area (Å²) in [5.74, 6) is -0.620. The van der Waals surface area contributed by atoms with E-state index in [4.69, 9.17) is 0 Å². The highest BCUT2D eigenvalue weighted by atomic mass is 16.3. The number of benzene rings is 3. The van der Waals surface area contributed by atoms with E-state index in [1.807, 2.05) is 35.4 Å². The van der Waals surface area contributed by atoms with Gasteiger partial charge in [-0.2, -0.15) is 4.68 Å². The average molecular weight is 419 g/mol. The smallest absolute Gasteiger partial charge is 0.157 e. The van der Waals surface area contributed by atoms with Crippen LogP contribution in [0.1, 0.15) is 11.1 Å². The normalized spacial score (nSPS) is 12.7. The van der Waals surface area contributed by atoms with E-state index in [1.54, 1.807) is 24.3 Å². The van der Waals surface area contributed by atoms with Gasteiger partial charge in [-0.3, -0.25) is 0 Å². The van der Waals surface area contributed by atoms with Crippen LogP contribution in [0.5, 0.6) is 28.7 Å². The number of quaternary nitrogens is 1. The third-order valence-electron chi connectivity index (χ3n) is 5.20. The molecule has 0 saturated carbocycles. The molecule has 158 valence electrons. The van der Waals surface area contributed by atoms with Gasteiger partial charge in [-0.05, 0) is 66.1 Å². The first kappa shape index (κ1) is 20.2. The summed E-state index contributed by atoms with van der Waals surface area (Å²) in [7, 11) is 1.91. The van der Waals surface area contributed by atoms with Gasteiger partial charge in [0.15, 0.2) is 23.0 Å². The maximum absolute atomic E-state index is 10.1. The topological polar surface area (TPSA) is 123 Å². The molecule has 0 unspecified atom stereocenters. The molecule has 0 spiro atoms. The fourth-order valence-corrected chi connectivity index (χ4v) is 3.69. The van der Waals surface area contributed by atoms with Crippen molar-refractivity contribution in [3.63, 3.8) is 0 Å². The molecule has 4 aromatic rings. The van der Waals surface area contributed by atoms with Gasteiger partial charge in [0.25, 0.3) is 0 Å². The Bertz CT molecular complexity index is 1410. The van der Waals surface area contributed by atoms with E-state index in [-0.39, 0.29) is 28.7 Å². The van der Waals surface area contributed by atoms with Crippen molar-refractivity contribution in [1.29, 1.82) is 0 Å². The molecule has 0 aliphatic heterocycles. The number of fused-ring (bicyclic) bond motifs is 1. The second-order valence-electron chi connectivity index (χ2n) is 7.25. The maximum Gasteiger partial charge on any atom is 0.157 e. The molecule has 7 N–H and O–H groups in total. The molecule has 4 rings (SSSR count). The monoisotopic (exact) mass is 419 g/mol. The fourth-order valence-electron chi connectivity index (χ4n) is 3.69. The molecule has 7 heteroatoms. The zero-order valence-electron chi connectivity index (χ0n) is 16.8. The Morgan fingerprint density at radius 3 is 2.19 bits per heavy atom. The Morgan fingerprint density at radius 2 is 1.52 bits per heavy atom. The van der Waals surface area contributed by atoms with Gasteiger partial charge in [-0.1, -0.05) is 18.2 Å². The Balaban J connectivity index is 1.98. The van der Waals surface area contributed by atoms with Crippen LogP contribution in [-0.4, -0.2) is 37.3 Å². The van der Waals surface area contributed by atoms with Crippen molar-refractivity contribution in [2.24, 2.45) is 0 Å². The van der Waals surface area contributed by atoms with E-state index in [0.29, 0.717) is 12.0 Å². The molecule has 7 nitrogen and oxygen atoms in total. The molecule has 0 radical (unpaired) electrons. The molecule has 0 aliphatic carbocycles. The number of phenolic OH excluding ortho intramolecular Hbond substituents is 5. The van der Waals surface area contributed by atoms with Crippen LogP contribution in [0.2, 0.25) is 0 Å².